The molecule has 0 spiro atoms. The Kier molecular flexibility index (Phi) is 5.97. The maximum atomic E-state index is 13.5. The van der Waals surface area contributed by atoms with Gasteiger partial charge in [-0.15, -0.1) is 8.78 Å². The van der Waals surface area contributed by atoms with Gasteiger partial charge in [0.2, 0.25) is 5.91 Å². The number of β-amino-alcohol motifs (C(OH)–C–C–N with tert-alkyl or cyclic N) is 1. The van der Waals surface area contributed by atoms with Crippen LogP contribution in [0.4, 0.5) is 20.2 Å². The minimum absolute atomic E-state index is 0.0375. The summed E-state index contributed by atoms with van der Waals surface area (Å²) >= 11 is 0. The van der Waals surface area contributed by atoms with Gasteiger partial charge < -0.3 is 24.8 Å². The van der Waals surface area contributed by atoms with Gasteiger partial charge in [0.15, 0.2) is 11.5 Å². The van der Waals surface area contributed by atoms with E-state index in [1.165, 1.54) is 12.1 Å². The molecular weight excluding hydrogens is 480 g/mol. The predicted molar refractivity (Wildman–Crippen MR) is 138 cm³/mol. The smallest absolute Gasteiger partial charge is 0.395 e. The number of aliphatic imine (C=N–C) groups is 1. The van der Waals surface area contributed by atoms with E-state index in [1.54, 1.807) is 6.07 Å². The molecule has 5 rings (SSSR count). The lowest BCUT2D eigenvalue weighted by Gasteiger charge is -2.40. The molecule has 2 heterocycles. The molecular formula is C28H33F2N3O4. The Bertz CT molecular complexity index is 1240. The van der Waals surface area contributed by atoms with E-state index in [-0.39, 0.29) is 41.3 Å². The Balaban J connectivity index is 1.38. The lowest BCUT2D eigenvalue weighted by atomic mass is 9.79. The molecule has 1 amide bonds. The molecule has 1 aliphatic carbocycles. The molecule has 1 fully saturated rings. The van der Waals surface area contributed by atoms with Crippen LogP contribution < -0.4 is 19.7 Å². The largest absolute Gasteiger partial charge is 0.586 e. The lowest BCUT2D eigenvalue weighted by molar-refractivity contribution is -0.286. The van der Waals surface area contributed by atoms with Gasteiger partial charge in [-0.3, -0.25) is 9.79 Å². The summed E-state index contributed by atoms with van der Waals surface area (Å²) in [6.45, 7) is 12.9. The highest BCUT2D eigenvalue weighted by atomic mass is 19.3. The molecule has 0 aromatic heterocycles. The molecule has 2 N–H and O–H groups in total. The summed E-state index contributed by atoms with van der Waals surface area (Å²) in [6, 6.07) is 10.6. The zero-order valence-electron chi connectivity index (χ0n) is 21.6. The number of rotatable bonds is 7. The summed E-state index contributed by atoms with van der Waals surface area (Å²) in [6.07, 6.45) is -3.09. The van der Waals surface area contributed by atoms with Gasteiger partial charge >= 0.3 is 6.29 Å². The summed E-state index contributed by atoms with van der Waals surface area (Å²) in [7, 11) is 0. The first-order chi connectivity index (χ1) is 17.3. The van der Waals surface area contributed by atoms with E-state index in [0.29, 0.717) is 30.6 Å². The van der Waals surface area contributed by atoms with Gasteiger partial charge in [-0.05, 0) is 66.4 Å². The highest BCUT2D eigenvalue weighted by molar-refractivity contribution is 6.01. The van der Waals surface area contributed by atoms with Gasteiger partial charge in [0, 0.05) is 29.9 Å². The van der Waals surface area contributed by atoms with Crippen molar-refractivity contribution in [2.75, 3.05) is 23.3 Å². The number of benzene rings is 2. The van der Waals surface area contributed by atoms with Crippen molar-refractivity contribution < 1.29 is 28.2 Å². The predicted octanol–water partition coefficient (Wildman–Crippen LogP) is 5.08. The fraction of sp³-hybridized carbons (Fsp3) is 0.500. The third-order valence-corrected chi connectivity index (χ3v) is 7.67. The second kappa shape index (κ2) is 8.68. The Hall–Kier alpha value is -3.20. The van der Waals surface area contributed by atoms with Crippen molar-refractivity contribution in [1.82, 2.24) is 0 Å². The highest BCUT2D eigenvalue weighted by Gasteiger charge is 2.53. The molecule has 3 atom stereocenters. The van der Waals surface area contributed by atoms with Gasteiger partial charge in [-0.1, -0.05) is 33.8 Å². The number of aliphatic hydroxyl groups excluding tert-OH is 1. The number of nitrogens with zero attached hydrogens (tertiary/aromatic N) is 2. The standard InChI is InChI=1S/C28H33F2N3O4/c1-16-20-13-18(7-8-21(20)33(15-19(34)14-31-5)24(16)26(2,3)4)32-25(35)27(10-11-27)17-6-9-22-23(12-17)37-28(29,30)36-22/h6-9,12-13,16,19,24,34H,5,10-11,14-15H2,1-4H3,(H,32,35)/t16?,19-,24?/m0/s1. The maximum Gasteiger partial charge on any atom is 0.586 e. The van der Waals surface area contributed by atoms with E-state index in [2.05, 4.69) is 59.1 Å². The Morgan fingerprint density at radius 3 is 2.57 bits per heavy atom. The van der Waals surface area contributed by atoms with Crippen molar-refractivity contribution in [2.45, 2.75) is 70.3 Å². The molecule has 2 aromatic carbocycles. The molecule has 7 nitrogen and oxygen atoms in total. The molecule has 2 unspecified atom stereocenters. The van der Waals surface area contributed by atoms with E-state index in [9.17, 15) is 18.7 Å². The summed E-state index contributed by atoms with van der Waals surface area (Å²) < 4.78 is 36.0. The van der Waals surface area contributed by atoms with E-state index in [1.807, 2.05) is 18.2 Å². The van der Waals surface area contributed by atoms with Crippen molar-refractivity contribution in [3.8, 4) is 11.5 Å². The van der Waals surface area contributed by atoms with Crippen LogP contribution in [0.1, 0.15) is 57.6 Å². The van der Waals surface area contributed by atoms with Crippen LogP contribution in [0.5, 0.6) is 11.5 Å². The lowest BCUT2D eigenvalue weighted by Crippen LogP contribution is -2.47. The van der Waals surface area contributed by atoms with Crippen molar-refractivity contribution >= 4 is 24.0 Å². The number of ether oxygens (including phenoxy) is 2. The number of carbonyl (C=O) groups excluding carboxylic acids is 1. The second-order valence-electron chi connectivity index (χ2n) is 11.5. The van der Waals surface area contributed by atoms with Crippen molar-refractivity contribution in [2.24, 2.45) is 10.4 Å². The zero-order valence-corrected chi connectivity index (χ0v) is 21.6. The topological polar surface area (TPSA) is 83.4 Å². The molecule has 2 aliphatic heterocycles. The number of fused-ring (bicyclic) bond motifs is 2. The highest BCUT2D eigenvalue weighted by Crippen LogP contribution is 2.53. The number of nitrogens with one attached hydrogen (secondary N) is 1. The summed E-state index contributed by atoms with van der Waals surface area (Å²) in [5.74, 6) is -0.110. The summed E-state index contributed by atoms with van der Waals surface area (Å²) in [5.41, 5.74) is 2.60. The van der Waals surface area contributed by atoms with Crippen LogP contribution in [0.15, 0.2) is 41.4 Å². The minimum Gasteiger partial charge on any atom is -0.395 e. The normalized spacial score (nSPS) is 23.4. The van der Waals surface area contributed by atoms with Crippen molar-refractivity contribution in [3.05, 3.63) is 47.5 Å². The van der Waals surface area contributed by atoms with Gasteiger partial charge in [-0.25, -0.2) is 0 Å². The van der Waals surface area contributed by atoms with E-state index in [0.717, 1.165) is 11.3 Å². The first kappa shape index (κ1) is 25.4. The van der Waals surface area contributed by atoms with Gasteiger partial charge in [0.05, 0.1) is 18.1 Å². The number of hydrogen-bond donors (Lipinski definition) is 2. The molecule has 37 heavy (non-hydrogen) atoms. The average Bonchev–Trinajstić information content (AvgIpc) is 3.48. The third kappa shape index (κ3) is 4.54. The summed E-state index contributed by atoms with van der Waals surface area (Å²) in [5, 5.41) is 13.5. The minimum atomic E-state index is -3.70. The number of amides is 1. The molecule has 0 radical (unpaired) electrons. The molecule has 1 saturated carbocycles. The maximum absolute atomic E-state index is 13.5. The van der Waals surface area contributed by atoms with Crippen LogP contribution in [-0.2, 0) is 10.2 Å². The van der Waals surface area contributed by atoms with E-state index in [4.69, 9.17) is 0 Å². The first-order valence-electron chi connectivity index (χ1n) is 12.6. The van der Waals surface area contributed by atoms with Crippen molar-refractivity contribution in [3.63, 3.8) is 0 Å². The molecule has 198 valence electrons. The third-order valence-electron chi connectivity index (χ3n) is 7.67. The van der Waals surface area contributed by atoms with Crippen LogP contribution in [0, 0.1) is 5.41 Å². The van der Waals surface area contributed by atoms with Crippen molar-refractivity contribution in [1.29, 1.82) is 0 Å². The molecule has 2 aromatic rings. The van der Waals surface area contributed by atoms with E-state index < -0.39 is 17.8 Å². The van der Waals surface area contributed by atoms with Crippen LogP contribution >= 0.6 is 0 Å². The molecule has 0 saturated heterocycles. The number of carbonyl (C=O) groups is 1. The van der Waals surface area contributed by atoms with Gasteiger partial charge in [-0.2, -0.15) is 0 Å². The number of aliphatic hydroxyl groups is 1. The SMILES string of the molecule is C=NC[C@H](O)CN1c2ccc(NC(=O)C3(c4ccc5c(c4)OC(F)(F)O5)CC3)cc2C(C)C1C(C)(C)C. The second-order valence-corrected chi connectivity index (χ2v) is 11.5. The fourth-order valence-corrected chi connectivity index (χ4v) is 5.98. The molecule has 3 aliphatic rings. The van der Waals surface area contributed by atoms with Crippen LogP contribution in [-0.4, -0.2) is 49.3 Å². The zero-order chi connectivity index (χ0) is 26.8. The molecule has 0 bridgehead atoms. The Morgan fingerprint density at radius 1 is 1.22 bits per heavy atom. The summed E-state index contributed by atoms with van der Waals surface area (Å²) in [4.78, 5) is 19.5. The molecule has 9 heteroatoms. The van der Waals surface area contributed by atoms with Gasteiger partial charge in [0.25, 0.3) is 0 Å². The first-order valence-corrected chi connectivity index (χ1v) is 12.6. The number of hydrogen-bond acceptors (Lipinski definition) is 6. The van der Waals surface area contributed by atoms with Crippen LogP contribution in [0.2, 0.25) is 0 Å². The number of halogens is 2. The van der Waals surface area contributed by atoms with Gasteiger partial charge in [0.1, 0.15) is 0 Å². The number of alkyl halides is 2. The Morgan fingerprint density at radius 2 is 1.92 bits per heavy atom. The average molecular weight is 514 g/mol. The quantitative estimate of drug-likeness (QED) is 0.505. The Labute approximate surface area is 215 Å². The number of anilines is 2. The van der Waals surface area contributed by atoms with Crippen LogP contribution in [0.25, 0.3) is 0 Å². The van der Waals surface area contributed by atoms with Crippen LogP contribution in [0.3, 0.4) is 0 Å². The van der Waals surface area contributed by atoms with E-state index >= 15 is 0 Å². The monoisotopic (exact) mass is 513 g/mol. The fourth-order valence-electron chi connectivity index (χ4n) is 5.98.